The van der Waals surface area contributed by atoms with Crippen LogP contribution in [-0.4, -0.2) is 64.5 Å². The number of nitrogens with one attached hydrogen (secondary N) is 2. The minimum atomic E-state index is -1.42. The molecule has 0 radical (unpaired) electrons. The highest BCUT2D eigenvalue weighted by Gasteiger charge is 2.38. The lowest BCUT2D eigenvalue weighted by Gasteiger charge is -2.26. The van der Waals surface area contributed by atoms with Gasteiger partial charge in [0.25, 0.3) is 5.91 Å². The Kier molecular flexibility index (Phi) is 12.2. The first-order valence-electron chi connectivity index (χ1n) is 14.3. The first kappa shape index (κ1) is 32.4. The summed E-state index contributed by atoms with van der Waals surface area (Å²) in [5.74, 6) is -1.99. The van der Waals surface area contributed by atoms with Crippen LogP contribution < -0.4 is 10.6 Å². The zero-order chi connectivity index (χ0) is 30.5. The summed E-state index contributed by atoms with van der Waals surface area (Å²) in [6.45, 7) is 3.45. The van der Waals surface area contributed by atoms with E-state index in [2.05, 4.69) is 16.7 Å². The molecule has 0 aromatic heterocycles. The molecule has 0 spiro atoms. The number of hydrogen-bond acceptors (Lipinski definition) is 6. The summed E-state index contributed by atoms with van der Waals surface area (Å²) in [6.07, 6.45) is 3.96. The van der Waals surface area contributed by atoms with Crippen LogP contribution in [-0.2, 0) is 25.6 Å². The third-order valence-electron chi connectivity index (χ3n) is 7.26. The smallest absolute Gasteiger partial charge is 0.253 e. The van der Waals surface area contributed by atoms with Gasteiger partial charge in [0.15, 0.2) is 0 Å². The molecule has 1 aliphatic heterocycles. The molecule has 42 heavy (non-hydrogen) atoms. The molecular formula is C33H41N3O6. The first-order chi connectivity index (χ1) is 20.1. The zero-order valence-electron chi connectivity index (χ0n) is 24.3. The molecule has 2 aliphatic rings. The van der Waals surface area contributed by atoms with Crippen LogP contribution in [0.3, 0.4) is 0 Å². The Balaban J connectivity index is 1.44. The molecule has 1 aromatic carbocycles. The maximum atomic E-state index is 13.2. The highest BCUT2D eigenvalue weighted by Crippen LogP contribution is 2.30. The number of carbonyl (C=O) groups is 4. The molecule has 3 rings (SSSR count). The number of imide groups is 1. The number of amides is 4. The van der Waals surface area contributed by atoms with Crippen molar-refractivity contribution in [3.8, 4) is 0 Å². The molecule has 1 heterocycles. The Bertz CT molecular complexity index is 1310. The molecule has 1 aliphatic carbocycles. The number of aliphatic hydroxyl groups excluding tert-OH is 2. The van der Waals surface area contributed by atoms with Crippen molar-refractivity contribution < 1.29 is 29.4 Å². The van der Waals surface area contributed by atoms with Crippen LogP contribution in [0.25, 0.3) is 0 Å². The van der Waals surface area contributed by atoms with Crippen molar-refractivity contribution in [3.05, 3.63) is 95.7 Å². The van der Waals surface area contributed by atoms with Crippen LogP contribution in [0.4, 0.5) is 0 Å². The van der Waals surface area contributed by atoms with E-state index in [1.807, 2.05) is 60.7 Å². The fourth-order valence-electron chi connectivity index (χ4n) is 4.39. The van der Waals surface area contributed by atoms with E-state index in [0.29, 0.717) is 32.4 Å². The minimum absolute atomic E-state index is 0.149. The van der Waals surface area contributed by atoms with E-state index < -0.39 is 29.3 Å². The lowest BCUT2D eigenvalue weighted by Crippen LogP contribution is -2.44. The van der Waals surface area contributed by atoms with Crippen LogP contribution in [0.1, 0.15) is 62.1 Å². The van der Waals surface area contributed by atoms with Gasteiger partial charge in [-0.15, -0.1) is 0 Å². The van der Waals surface area contributed by atoms with E-state index in [9.17, 15) is 29.4 Å². The van der Waals surface area contributed by atoms with Crippen molar-refractivity contribution in [2.24, 2.45) is 5.41 Å². The van der Waals surface area contributed by atoms with Gasteiger partial charge in [-0.1, -0.05) is 80.6 Å². The van der Waals surface area contributed by atoms with Gasteiger partial charge >= 0.3 is 0 Å². The summed E-state index contributed by atoms with van der Waals surface area (Å²) in [5, 5.41) is 24.2. The van der Waals surface area contributed by atoms with Crippen molar-refractivity contribution in [1.29, 1.82) is 0 Å². The van der Waals surface area contributed by atoms with Crippen molar-refractivity contribution >= 4 is 23.6 Å². The number of likely N-dealkylation sites (tertiary alicyclic amines) is 1. The van der Waals surface area contributed by atoms with Gasteiger partial charge in [0, 0.05) is 37.2 Å². The molecule has 1 fully saturated rings. The molecule has 4 amide bonds. The van der Waals surface area contributed by atoms with Gasteiger partial charge in [-0.25, -0.2) is 0 Å². The van der Waals surface area contributed by atoms with Crippen LogP contribution in [0.15, 0.2) is 79.0 Å². The number of unbranched alkanes of at least 4 members (excludes halogenated alkanes) is 2. The van der Waals surface area contributed by atoms with Crippen molar-refractivity contribution in [2.45, 2.75) is 58.0 Å². The average Bonchev–Trinajstić information content (AvgIpc) is 3.65. The highest BCUT2D eigenvalue weighted by molar-refractivity contribution is 6.06. The maximum absolute atomic E-state index is 13.2. The molecule has 4 N–H and O–H groups in total. The second-order valence-corrected chi connectivity index (χ2v) is 11.1. The summed E-state index contributed by atoms with van der Waals surface area (Å²) in [5.41, 5.74) is 2.35. The summed E-state index contributed by atoms with van der Waals surface area (Å²) in [4.78, 5) is 51.1. The van der Waals surface area contributed by atoms with Crippen LogP contribution in [0, 0.1) is 5.41 Å². The van der Waals surface area contributed by atoms with E-state index >= 15 is 0 Å². The highest BCUT2D eigenvalue weighted by atomic mass is 16.3. The van der Waals surface area contributed by atoms with Gasteiger partial charge in [0.1, 0.15) is 6.10 Å². The quantitative estimate of drug-likeness (QED) is 0.175. The average molecular weight is 576 g/mol. The predicted octanol–water partition coefficient (Wildman–Crippen LogP) is 2.98. The fourth-order valence-corrected chi connectivity index (χ4v) is 4.39. The number of aliphatic hydroxyl groups is 2. The molecule has 1 aromatic rings. The number of carbonyl (C=O) groups excluding carboxylic acids is 4. The first-order valence-corrected chi connectivity index (χ1v) is 14.3. The van der Waals surface area contributed by atoms with Gasteiger partial charge in [-0.3, -0.25) is 24.1 Å². The Morgan fingerprint density at radius 2 is 1.62 bits per heavy atom. The van der Waals surface area contributed by atoms with Crippen LogP contribution >= 0.6 is 0 Å². The number of rotatable bonds is 12. The Morgan fingerprint density at radius 1 is 0.976 bits per heavy atom. The Labute approximate surface area is 247 Å². The molecule has 0 bridgehead atoms. The van der Waals surface area contributed by atoms with Gasteiger partial charge in [-0.2, -0.15) is 0 Å². The lowest BCUT2D eigenvalue weighted by atomic mass is 9.87. The SMILES string of the molecule is CC(C)(CO)[C@@H](O)C(=O)N/C=C\C(=O)NCCCCCN1C(=O)CC(c2ccccccccc3c(ccc2)C3)C1=O. The summed E-state index contributed by atoms with van der Waals surface area (Å²) < 4.78 is 0. The van der Waals surface area contributed by atoms with E-state index in [4.69, 9.17) is 0 Å². The molecule has 224 valence electrons. The molecule has 2 atom stereocenters. The van der Waals surface area contributed by atoms with Crippen molar-refractivity contribution in [3.63, 3.8) is 0 Å². The second-order valence-electron chi connectivity index (χ2n) is 11.1. The molecule has 9 heteroatoms. The second kappa shape index (κ2) is 15.8. The van der Waals surface area contributed by atoms with Crippen LogP contribution in [0.5, 0.6) is 0 Å². The van der Waals surface area contributed by atoms with Gasteiger partial charge in [0.2, 0.25) is 17.7 Å². The van der Waals surface area contributed by atoms with Crippen LogP contribution in [0.2, 0.25) is 0 Å². The monoisotopic (exact) mass is 575 g/mol. The third kappa shape index (κ3) is 9.78. The van der Waals surface area contributed by atoms with Gasteiger partial charge < -0.3 is 20.8 Å². The topological polar surface area (TPSA) is 136 Å². The summed E-state index contributed by atoms with van der Waals surface area (Å²) in [6, 6.07) is 21.5. The van der Waals surface area contributed by atoms with Crippen molar-refractivity contribution in [1.82, 2.24) is 15.5 Å². The fraction of sp³-hybridized carbons (Fsp3) is 0.394. The normalized spacial score (nSPS) is 16.3. The standard InChI is InChI=1S/C33H41N3O6/c1-33(2,23-37)30(40)31(41)35-19-17-28(38)34-18-10-7-11-20-36-29(39)22-27(32(36)42)24-13-8-5-3-4-6-9-14-25-21-26(25)16-12-15-24/h3-6,8-9,12-17,19,27,30,37,40H,7,10-11,18,20-23H2,1-2H3,(H,34,38)(H,35,41)/b4-3?,5-3?,6-4?,8-5?,9-6?,13-8?,14-9?,15-12?,16-12?,19-17-,24-13?,24-15?,25-14?,26-16?/t27?,30-/m0/s1. The zero-order valence-corrected chi connectivity index (χ0v) is 24.3. The van der Waals surface area contributed by atoms with E-state index in [-0.39, 0.29) is 24.8 Å². The molecule has 1 unspecified atom stereocenters. The largest absolute Gasteiger partial charge is 0.396 e. The number of fused-ring (bicyclic) bond motifs is 1. The molecule has 0 saturated carbocycles. The molecular weight excluding hydrogens is 534 g/mol. The molecule has 9 nitrogen and oxygen atoms in total. The lowest BCUT2D eigenvalue weighted by molar-refractivity contribution is -0.139. The molecule has 1 saturated heterocycles. The van der Waals surface area contributed by atoms with E-state index in [1.54, 1.807) is 13.8 Å². The van der Waals surface area contributed by atoms with Crippen molar-refractivity contribution in [2.75, 3.05) is 19.7 Å². The van der Waals surface area contributed by atoms with E-state index in [1.165, 1.54) is 16.0 Å². The predicted molar refractivity (Wildman–Crippen MR) is 160 cm³/mol. The maximum Gasteiger partial charge on any atom is 0.253 e. The summed E-state index contributed by atoms with van der Waals surface area (Å²) >= 11 is 0. The van der Waals surface area contributed by atoms with E-state index in [0.717, 1.165) is 24.3 Å². The number of nitrogens with zero attached hydrogens (tertiary/aromatic N) is 1. The Hall–Kier alpha value is -4.08. The number of hydrogen-bond donors (Lipinski definition) is 4. The minimum Gasteiger partial charge on any atom is -0.396 e. The summed E-state index contributed by atoms with van der Waals surface area (Å²) in [7, 11) is 0. The van der Waals surface area contributed by atoms with Gasteiger partial charge in [0.05, 0.1) is 12.5 Å². The Morgan fingerprint density at radius 3 is 2.33 bits per heavy atom. The van der Waals surface area contributed by atoms with Gasteiger partial charge in [-0.05, 0) is 42.4 Å². The third-order valence-corrected chi connectivity index (χ3v) is 7.26.